The van der Waals surface area contributed by atoms with E-state index in [1.54, 1.807) is 36.0 Å². The van der Waals surface area contributed by atoms with Crippen LogP contribution in [0.4, 0.5) is 5.69 Å². The van der Waals surface area contributed by atoms with Gasteiger partial charge in [0.2, 0.25) is 5.91 Å². The van der Waals surface area contributed by atoms with Crippen molar-refractivity contribution in [1.82, 2.24) is 5.32 Å². The molecule has 0 aromatic heterocycles. The molecule has 0 heterocycles. The third-order valence-electron chi connectivity index (χ3n) is 3.12. The van der Waals surface area contributed by atoms with Gasteiger partial charge in [-0.1, -0.05) is 18.2 Å². The van der Waals surface area contributed by atoms with Crippen molar-refractivity contribution in [3.63, 3.8) is 0 Å². The van der Waals surface area contributed by atoms with Crippen LogP contribution in [0.3, 0.4) is 0 Å². The number of nitrogens with zero attached hydrogens (tertiary/aromatic N) is 1. The third-order valence-corrected chi connectivity index (χ3v) is 4.22. The molecular formula is C18H19N3OS. The van der Waals surface area contributed by atoms with Crippen LogP contribution in [0, 0.1) is 11.3 Å². The van der Waals surface area contributed by atoms with E-state index in [1.807, 2.05) is 18.2 Å². The van der Waals surface area contributed by atoms with Gasteiger partial charge in [0.25, 0.3) is 0 Å². The van der Waals surface area contributed by atoms with Gasteiger partial charge in [-0.15, -0.1) is 11.8 Å². The first-order valence-corrected chi connectivity index (χ1v) is 8.45. The van der Waals surface area contributed by atoms with Crippen LogP contribution >= 0.6 is 11.8 Å². The number of rotatable bonds is 8. The van der Waals surface area contributed by atoms with E-state index in [0.29, 0.717) is 12.1 Å². The molecule has 0 aliphatic rings. The summed E-state index contributed by atoms with van der Waals surface area (Å²) >= 11 is 1.79. The average molecular weight is 325 g/mol. The Hall–Kier alpha value is -2.45. The molecule has 0 unspecified atom stereocenters. The zero-order chi connectivity index (χ0) is 16.3. The second-order valence-electron chi connectivity index (χ2n) is 4.91. The molecule has 23 heavy (non-hydrogen) atoms. The number of benzene rings is 2. The standard InChI is InChI=1S/C18H19N3OS/c19-13-15-7-9-16(10-8-15)21-14-18(22)20-11-4-12-23-17-5-2-1-3-6-17/h1-3,5-10,21H,4,11-12,14H2,(H,20,22). The number of hydrogen-bond acceptors (Lipinski definition) is 4. The molecule has 0 saturated carbocycles. The van der Waals surface area contributed by atoms with Gasteiger partial charge in [0.1, 0.15) is 0 Å². The predicted octanol–water partition coefficient (Wildman–Crippen LogP) is 3.27. The summed E-state index contributed by atoms with van der Waals surface area (Å²) in [5.74, 6) is 0.951. The maximum atomic E-state index is 11.7. The molecule has 4 nitrogen and oxygen atoms in total. The Kier molecular flexibility index (Phi) is 7.02. The number of anilines is 1. The number of nitriles is 1. The van der Waals surface area contributed by atoms with Crippen molar-refractivity contribution in [2.24, 2.45) is 0 Å². The fourth-order valence-corrected chi connectivity index (χ4v) is 2.79. The van der Waals surface area contributed by atoms with Crippen molar-refractivity contribution in [3.8, 4) is 6.07 Å². The molecule has 0 fully saturated rings. The number of thioether (sulfide) groups is 1. The van der Waals surface area contributed by atoms with Gasteiger partial charge in [-0.25, -0.2) is 0 Å². The Bertz CT molecular complexity index is 650. The van der Waals surface area contributed by atoms with Gasteiger partial charge in [0, 0.05) is 17.1 Å². The minimum Gasteiger partial charge on any atom is -0.376 e. The van der Waals surface area contributed by atoms with Crippen molar-refractivity contribution >= 4 is 23.4 Å². The molecule has 0 saturated heterocycles. The van der Waals surface area contributed by atoms with Crippen LogP contribution in [-0.2, 0) is 4.79 Å². The van der Waals surface area contributed by atoms with Crippen LogP contribution in [0.2, 0.25) is 0 Å². The van der Waals surface area contributed by atoms with Gasteiger partial charge in [0.15, 0.2) is 0 Å². The topological polar surface area (TPSA) is 64.9 Å². The van der Waals surface area contributed by atoms with Crippen molar-refractivity contribution in [2.75, 3.05) is 24.2 Å². The summed E-state index contributed by atoms with van der Waals surface area (Å²) in [4.78, 5) is 13.0. The first-order valence-electron chi connectivity index (χ1n) is 7.46. The van der Waals surface area contributed by atoms with Crippen molar-refractivity contribution in [3.05, 3.63) is 60.2 Å². The number of hydrogen-bond donors (Lipinski definition) is 2. The fraction of sp³-hybridized carbons (Fsp3) is 0.222. The molecule has 2 N–H and O–H groups in total. The van der Waals surface area contributed by atoms with E-state index in [9.17, 15) is 4.79 Å². The van der Waals surface area contributed by atoms with Gasteiger partial charge in [-0.3, -0.25) is 4.79 Å². The molecule has 2 rings (SSSR count). The summed E-state index contributed by atoms with van der Waals surface area (Å²) in [5, 5.41) is 14.7. The lowest BCUT2D eigenvalue weighted by Gasteiger charge is -2.08. The van der Waals surface area contributed by atoms with Crippen LogP contribution in [-0.4, -0.2) is 24.7 Å². The molecule has 2 aromatic carbocycles. The van der Waals surface area contributed by atoms with Crippen LogP contribution in [0.15, 0.2) is 59.5 Å². The summed E-state index contributed by atoms with van der Waals surface area (Å²) in [6, 6.07) is 19.3. The van der Waals surface area contributed by atoms with Crippen LogP contribution in [0.1, 0.15) is 12.0 Å². The largest absolute Gasteiger partial charge is 0.376 e. The molecule has 0 radical (unpaired) electrons. The zero-order valence-corrected chi connectivity index (χ0v) is 13.6. The second kappa shape index (κ2) is 9.54. The molecule has 2 aromatic rings. The molecule has 0 atom stereocenters. The minimum atomic E-state index is -0.0286. The van der Waals surface area contributed by atoms with Crippen LogP contribution in [0.25, 0.3) is 0 Å². The first-order chi connectivity index (χ1) is 11.3. The van der Waals surface area contributed by atoms with Gasteiger partial charge >= 0.3 is 0 Å². The maximum Gasteiger partial charge on any atom is 0.239 e. The second-order valence-corrected chi connectivity index (χ2v) is 6.08. The SMILES string of the molecule is N#Cc1ccc(NCC(=O)NCCCSc2ccccc2)cc1. The molecule has 0 bridgehead atoms. The Morgan fingerprint density at radius 3 is 2.52 bits per heavy atom. The monoisotopic (exact) mass is 325 g/mol. The maximum absolute atomic E-state index is 11.7. The van der Waals surface area contributed by atoms with E-state index in [0.717, 1.165) is 17.9 Å². The number of carbonyl (C=O) groups is 1. The Labute approximate surface area is 140 Å². The van der Waals surface area contributed by atoms with Crippen molar-refractivity contribution in [2.45, 2.75) is 11.3 Å². The lowest BCUT2D eigenvalue weighted by atomic mass is 10.2. The Balaban J connectivity index is 1.57. The van der Waals surface area contributed by atoms with Gasteiger partial charge < -0.3 is 10.6 Å². The van der Waals surface area contributed by atoms with E-state index in [1.165, 1.54) is 4.90 Å². The average Bonchev–Trinajstić information content (AvgIpc) is 2.61. The smallest absolute Gasteiger partial charge is 0.239 e. The highest BCUT2D eigenvalue weighted by molar-refractivity contribution is 7.99. The van der Waals surface area contributed by atoms with Gasteiger partial charge in [-0.05, 0) is 48.6 Å². The molecule has 0 spiro atoms. The first kappa shape index (κ1) is 16.9. The van der Waals surface area contributed by atoms with E-state index in [2.05, 4.69) is 28.8 Å². The van der Waals surface area contributed by atoms with Crippen molar-refractivity contribution in [1.29, 1.82) is 5.26 Å². The highest BCUT2D eigenvalue weighted by Gasteiger charge is 2.01. The summed E-state index contributed by atoms with van der Waals surface area (Å²) in [7, 11) is 0. The number of nitrogens with one attached hydrogen (secondary N) is 2. The normalized spacial score (nSPS) is 9.87. The Morgan fingerprint density at radius 2 is 1.83 bits per heavy atom. The molecular weight excluding hydrogens is 306 g/mol. The summed E-state index contributed by atoms with van der Waals surface area (Å²) in [5.41, 5.74) is 1.44. The van der Waals surface area contributed by atoms with Crippen LogP contribution in [0.5, 0.6) is 0 Å². The summed E-state index contributed by atoms with van der Waals surface area (Å²) in [6.45, 7) is 0.908. The Morgan fingerprint density at radius 1 is 1.09 bits per heavy atom. The lowest BCUT2D eigenvalue weighted by molar-refractivity contribution is -0.119. The van der Waals surface area contributed by atoms with Crippen molar-refractivity contribution < 1.29 is 4.79 Å². The molecule has 0 aliphatic carbocycles. The van der Waals surface area contributed by atoms with E-state index < -0.39 is 0 Å². The molecule has 5 heteroatoms. The molecule has 1 amide bonds. The lowest BCUT2D eigenvalue weighted by Crippen LogP contribution is -2.30. The fourth-order valence-electron chi connectivity index (χ4n) is 1.91. The third kappa shape index (κ3) is 6.45. The predicted molar refractivity (Wildman–Crippen MR) is 94.4 cm³/mol. The van der Waals surface area contributed by atoms with Gasteiger partial charge in [-0.2, -0.15) is 5.26 Å². The van der Waals surface area contributed by atoms with Crippen LogP contribution < -0.4 is 10.6 Å². The van der Waals surface area contributed by atoms with Gasteiger partial charge in [0.05, 0.1) is 18.2 Å². The highest BCUT2D eigenvalue weighted by Crippen LogP contribution is 2.17. The quantitative estimate of drug-likeness (QED) is 0.577. The highest BCUT2D eigenvalue weighted by atomic mass is 32.2. The van der Waals surface area contributed by atoms with E-state index in [-0.39, 0.29) is 12.5 Å². The number of amides is 1. The summed E-state index contributed by atoms with van der Waals surface area (Å²) < 4.78 is 0. The molecule has 0 aliphatic heterocycles. The molecule has 118 valence electrons. The summed E-state index contributed by atoms with van der Waals surface area (Å²) in [6.07, 6.45) is 0.933. The minimum absolute atomic E-state index is 0.0286. The number of carbonyl (C=O) groups excluding carboxylic acids is 1. The van der Waals surface area contributed by atoms with E-state index >= 15 is 0 Å². The van der Waals surface area contributed by atoms with E-state index in [4.69, 9.17) is 5.26 Å². The zero-order valence-electron chi connectivity index (χ0n) is 12.8.